The molecular formula is C44H60N4O12. The first-order valence-corrected chi connectivity index (χ1v) is 20.1. The van der Waals surface area contributed by atoms with Gasteiger partial charge in [-0.25, -0.2) is 0 Å². The second kappa shape index (κ2) is 19.3. The standard InChI is InChI=1S/C44H60N4O12/c1-13-48(14-2)27(9)47-45-20-29-34-39(54)32-31(38(29)53)33-41(26(8)37(32)52)60-44(11,42(33)55)58-19-18-30(57-12)23(5)40(59-28(10)49)25(7)36(51)24(6)35(50)21(3)16-15-17-22(4)43(56)46-34/h15-21,23-25,30,35-36,40,50-54H,13-14H2,1-12H3,(H,46,56)/b16-15+,19-18+,22-17-,45-20+,47-27+/t21-,23+,24-,25+,30+,35+,36-,40-,44+/m1/s1. The number of nitrogens with one attached hydrogen (secondary N) is 1. The van der Waals surface area contributed by atoms with Crippen LogP contribution in [0.4, 0.5) is 5.69 Å². The molecule has 0 unspecified atom stereocenters. The summed E-state index contributed by atoms with van der Waals surface area (Å²) in [5.74, 6) is -8.09. The molecule has 6 N–H and O–H groups in total. The van der Waals surface area contributed by atoms with E-state index in [4.69, 9.17) is 18.9 Å². The smallest absolute Gasteiger partial charge is 0.312 e. The number of hydrogen-bond donors (Lipinski definition) is 6. The highest BCUT2D eigenvalue weighted by Gasteiger charge is 2.50. The van der Waals surface area contributed by atoms with Crippen molar-refractivity contribution in [1.82, 2.24) is 4.90 Å². The average Bonchev–Trinajstić information content (AvgIpc) is 3.47. The fourth-order valence-electron chi connectivity index (χ4n) is 7.79. The second-order valence-corrected chi connectivity index (χ2v) is 15.7. The maximum Gasteiger partial charge on any atom is 0.312 e. The Kier molecular flexibility index (Phi) is 15.2. The van der Waals surface area contributed by atoms with Crippen LogP contribution < -0.4 is 10.1 Å². The number of carbonyl (C=O) groups is 3. The van der Waals surface area contributed by atoms with Gasteiger partial charge in [-0.05, 0) is 40.7 Å². The highest BCUT2D eigenvalue weighted by atomic mass is 16.7. The normalized spacial score (nSPS) is 30.1. The molecular weight excluding hydrogens is 776 g/mol. The van der Waals surface area contributed by atoms with Gasteiger partial charge in [0.2, 0.25) is 0 Å². The van der Waals surface area contributed by atoms with Crippen molar-refractivity contribution in [2.45, 2.75) is 106 Å². The molecule has 16 heteroatoms. The number of ketones is 1. The number of carbonyl (C=O) groups excluding carboxylic acids is 3. The fraction of sp³-hybridized carbons (Fsp3) is 0.523. The van der Waals surface area contributed by atoms with Gasteiger partial charge in [-0.3, -0.25) is 14.4 Å². The van der Waals surface area contributed by atoms with Crippen LogP contribution in [0.5, 0.6) is 23.0 Å². The minimum absolute atomic E-state index is 0.0347. The highest BCUT2D eigenvalue weighted by Crippen LogP contribution is 2.55. The van der Waals surface area contributed by atoms with Crippen molar-refractivity contribution in [2.75, 3.05) is 25.5 Å². The number of phenolic OH excluding ortho intramolecular Hbond substituents is 3. The van der Waals surface area contributed by atoms with Crippen LogP contribution in [-0.2, 0) is 23.8 Å². The van der Waals surface area contributed by atoms with Crippen molar-refractivity contribution in [3.8, 4) is 23.0 Å². The van der Waals surface area contributed by atoms with Crippen LogP contribution in [0.15, 0.2) is 46.3 Å². The Morgan fingerprint density at radius 2 is 1.60 bits per heavy atom. The van der Waals surface area contributed by atoms with Crippen molar-refractivity contribution in [2.24, 2.45) is 33.9 Å². The van der Waals surface area contributed by atoms with Gasteiger partial charge in [-0.1, -0.05) is 45.9 Å². The van der Waals surface area contributed by atoms with Crippen LogP contribution >= 0.6 is 0 Å². The molecule has 0 saturated carbocycles. The average molecular weight is 837 g/mol. The van der Waals surface area contributed by atoms with E-state index in [0.29, 0.717) is 18.9 Å². The zero-order valence-electron chi connectivity index (χ0n) is 36.4. The summed E-state index contributed by atoms with van der Waals surface area (Å²) in [7, 11) is 1.43. The first-order chi connectivity index (χ1) is 28.2. The zero-order valence-corrected chi connectivity index (χ0v) is 36.4. The number of allylic oxidation sites excluding steroid dienone is 2. The second-order valence-electron chi connectivity index (χ2n) is 15.7. The van der Waals surface area contributed by atoms with Gasteiger partial charge in [0.1, 0.15) is 29.2 Å². The lowest BCUT2D eigenvalue weighted by molar-refractivity contribution is -0.160. The number of fused-ring (bicyclic) bond motifs is 14. The van der Waals surface area contributed by atoms with Gasteiger partial charge in [-0.15, -0.1) is 5.10 Å². The predicted molar refractivity (Wildman–Crippen MR) is 227 cm³/mol. The van der Waals surface area contributed by atoms with E-state index in [1.54, 1.807) is 46.8 Å². The van der Waals surface area contributed by atoms with Crippen molar-refractivity contribution in [3.63, 3.8) is 0 Å². The number of anilines is 1. The van der Waals surface area contributed by atoms with E-state index in [0.717, 1.165) is 6.21 Å². The summed E-state index contributed by atoms with van der Waals surface area (Å²) in [6.07, 6.45) is 4.58. The van der Waals surface area contributed by atoms with Crippen molar-refractivity contribution >= 4 is 46.2 Å². The maximum absolute atomic E-state index is 14.4. The molecule has 16 nitrogen and oxygen atoms in total. The number of phenols is 3. The number of amides is 1. The minimum Gasteiger partial charge on any atom is -0.507 e. The third-order valence-corrected chi connectivity index (χ3v) is 11.6. The molecule has 5 bridgehead atoms. The molecule has 0 aliphatic carbocycles. The van der Waals surface area contributed by atoms with E-state index in [1.807, 2.05) is 18.7 Å². The van der Waals surface area contributed by atoms with E-state index in [9.17, 15) is 39.9 Å². The molecule has 3 aliphatic heterocycles. The van der Waals surface area contributed by atoms with Gasteiger partial charge in [0, 0.05) is 74.2 Å². The number of aliphatic hydroxyl groups is 2. The molecule has 2 aromatic carbocycles. The third kappa shape index (κ3) is 9.30. The fourth-order valence-corrected chi connectivity index (χ4v) is 7.79. The molecule has 9 atom stereocenters. The van der Waals surface area contributed by atoms with Crippen LogP contribution in [0.1, 0.15) is 90.7 Å². The SMILES string of the molecule is CCN(CC)/C(C)=N/N=C/c1c2c(O)c3c(O)c(C)c4c(c3c1O)C(=O)[C@@](C)(O/C=C/[C@H](OC)[C@H](C)[C@@H](OC(C)=O)[C@@H](C)[C@H](O)[C@H](C)[C@@H](O)[C@H](C)/C=C/C=C(/C)C(=O)N2)O4. The first kappa shape index (κ1) is 47.2. The maximum atomic E-state index is 14.4. The molecule has 5 rings (SSSR count). The molecule has 328 valence electrons. The van der Waals surface area contributed by atoms with Crippen LogP contribution in [-0.4, -0.2) is 111 Å². The summed E-state index contributed by atoms with van der Waals surface area (Å²) in [6, 6.07) is 0. The molecule has 3 aliphatic rings. The molecule has 1 amide bonds. The largest absolute Gasteiger partial charge is 0.507 e. The molecule has 60 heavy (non-hydrogen) atoms. The van der Waals surface area contributed by atoms with Gasteiger partial charge in [0.25, 0.3) is 11.7 Å². The van der Waals surface area contributed by atoms with Crippen LogP contribution in [0, 0.1) is 30.6 Å². The Labute approximate surface area is 350 Å². The van der Waals surface area contributed by atoms with Gasteiger partial charge in [-0.2, -0.15) is 5.10 Å². The molecule has 0 fully saturated rings. The number of ether oxygens (including phenoxy) is 4. The summed E-state index contributed by atoms with van der Waals surface area (Å²) in [6.45, 7) is 19.4. The summed E-state index contributed by atoms with van der Waals surface area (Å²) >= 11 is 0. The lowest BCUT2D eigenvalue weighted by Crippen LogP contribution is -2.46. The Morgan fingerprint density at radius 3 is 2.20 bits per heavy atom. The number of benzene rings is 2. The lowest BCUT2D eigenvalue weighted by Gasteiger charge is -2.38. The van der Waals surface area contributed by atoms with Crippen molar-refractivity contribution < 1.29 is 58.9 Å². The van der Waals surface area contributed by atoms with Crippen molar-refractivity contribution in [1.29, 1.82) is 0 Å². The quantitative estimate of drug-likeness (QED) is 0.0502. The summed E-state index contributed by atoms with van der Waals surface area (Å²) in [4.78, 5) is 42.4. The summed E-state index contributed by atoms with van der Waals surface area (Å²) in [5, 5.41) is 68.7. The number of rotatable bonds is 6. The van der Waals surface area contributed by atoms with E-state index in [-0.39, 0.29) is 44.5 Å². The minimum atomic E-state index is -2.07. The van der Waals surface area contributed by atoms with E-state index < -0.39 is 88.8 Å². The lowest BCUT2D eigenvalue weighted by atomic mass is 9.78. The number of esters is 1. The Hall–Kier alpha value is -5.45. The van der Waals surface area contributed by atoms with E-state index >= 15 is 0 Å². The Morgan fingerprint density at radius 1 is 0.950 bits per heavy atom. The number of nitrogens with zero attached hydrogens (tertiary/aromatic N) is 3. The highest BCUT2D eigenvalue weighted by molar-refractivity contribution is 6.23. The monoisotopic (exact) mass is 836 g/mol. The Bertz CT molecular complexity index is 2120. The van der Waals surface area contributed by atoms with E-state index in [1.165, 1.54) is 53.2 Å². The summed E-state index contributed by atoms with van der Waals surface area (Å²) < 4.78 is 23.6. The number of aromatic hydroxyl groups is 3. The first-order valence-electron chi connectivity index (χ1n) is 20.1. The molecule has 0 aromatic heterocycles. The molecule has 2 aromatic rings. The van der Waals surface area contributed by atoms with E-state index in [2.05, 4.69) is 15.5 Å². The molecule has 0 radical (unpaired) electrons. The van der Waals surface area contributed by atoms with Crippen LogP contribution in [0.25, 0.3) is 10.8 Å². The number of amidine groups is 1. The number of hydrogen-bond acceptors (Lipinski definition) is 14. The van der Waals surface area contributed by atoms with Crippen LogP contribution in [0.2, 0.25) is 0 Å². The van der Waals surface area contributed by atoms with Crippen molar-refractivity contribution in [3.05, 3.63) is 52.8 Å². The summed E-state index contributed by atoms with van der Waals surface area (Å²) in [5.41, 5.74) is -0.591. The predicted octanol–water partition coefficient (Wildman–Crippen LogP) is 5.85. The molecule has 0 spiro atoms. The third-order valence-electron chi connectivity index (χ3n) is 11.6. The van der Waals surface area contributed by atoms with Gasteiger partial charge >= 0.3 is 11.8 Å². The molecule has 0 saturated heterocycles. The zero-order chi connectivity index (χ0) is 45.0. The van der Waals surface area contributed by atoms with Crippen LogP contribution in [0.3, 0.4) is 0 Å². The van der Waals surface area contributed by atoms with Gasteiger partial charge < -0.3 is 54.7 Å². The number of methoxy groups -OCH3 is 1. The number of aliphatic hydroxyl groups excluding tert-OH is 2. The van der Waals surface area contributed by atoms with Gasteiger partial charge in [0.15, 0.2) is 5.75 Å². The molecule has 3 heterocycles. The van der Waals surface area contributed by atoms with Gasteiger partial charge in [0.05, 0.1) is 53.0 Å². The topological polar surface area (TPSA) is 229 Å². The Balaban J connectivity index is 2.00. The number of Topliss-reactive ketones (excluding diaryl/α,β-unsaturated/α-hetero) is 1.